The second kappa shape index (κ2) is 5.03. The second-order valence-electron chi connectivity index (χ2n) is 3.70. The van der Waals surface area contributed by atoms with Crippen molar-refractivity contribution in [1.82, 2.24) is 14.0 Å². The zero-order chi connectivity index (χ0) is 11.5. The van der Waals surface area contributed by atoms with Gasteiger partial charge in [-0.05, 0) is 42.3 Å². The summed E-state index contributed by atoms with van der Waals surface area (Å²) in [7, 11) is 9.68. The first-order valence-corrected chi connectivity index (χ1v) is 6.01. The monoisotopic (exact) mass is 220 g/mol. The van der Waals surface area contributed by atoms with Gasteiger partial charge in [0.1, 0.15) is 0 Å². The van der Waals surface area contributed by atoms with Crippen molar-refractivity contribution < 1.29 is 4.79 Å². The number of rotatable bonds is 3. The number of nitrogens with zero attached hydrogens (tertiary/aromatic N) is 4. The lowest BCUT2D eigenvalue weighted by atomic mass is 10.8. The highest BCUT2D eigenvalue weighted by Gasteiger charge is 2.28. The van der Waals surface area contributed by atoms with E-state index in [1.165, 1.54) is 6.92 Å². The highest BCUT2D eigenvalue weighted by Crippen LogP contribution is 2.54. The summed E-state index contributed by atoms with van der Waals surface area (Å²) in [4.78, 5) is 11.2. The molecule has 0 unspecified atom stereocenters. The van der Waals surface area contributed by atoms with Crippen molar-refractivity contribution in [2.45, 2.75) is 6.92 Å². The van der Waals surface area contributed by atoms with Crippen LogP contribution in [0.25, 0.3) is 0 Å². The predicted octanol–water partition coefficient (Wildman–Crippen LogP) is 1.16. The van der Waals surface area contributed by atoms with Gasteiger partial charge >= 0.3 is 0 Å². The second-order valence-corrected chi connectivity index (χ2v) is 7.37. The number of carbonyl (C=O) groups is 1. The third kappa shape index (κ3) is 2.64. The van der Waals surface area contributed by atoms with Crippen LogP contribution >= 0.6 is 7.51 Å². The summed E-state index contributed by atoms with van der Waals surface area (Å²) < 4.78 is 10.3. The standard InChI is InChI=1S/C8H21N4OP/c1-8(13)9-14(10(2)3,11(4)5)12(6)7/h1-7H3. The van der Waals surface area contributed by atoms with E-state index < -0.39 is 7.51 Å². The van der Waals surface area contributed by atoms with Crippen LogP contribution in [0.4, 0.5) is 0 Å². The summed E-state index contributed by atoms with van der Waals surface area (Å²) in [5.74, 6) is -0.130. The highest BCUT2D eigenvalue weighted by atomic mass is 31.2. The Balaban J connectivity index is 5.51. The maximum Gasteiger partial charge on any atom is 0.244 e. The average Bonchev–Trinajstić information content (AvgIpc) is 1.97. The smallest absolute Gasteiger partial charge is 0.244 e. The van der Waals surface area contributed by atoms with Crippen molar-refractivity contribution in [2.75, 3.05) is 42.3 Å². The maximum atomic E-state index is 11.2. The van der Waals surface area contributed by atoms with E-state index in [-0.39, 0.29) is 5.91 Å². The summed E-state index contributed by atoms with van der Waals surface area (Å²) >= 11 is 0. The lowest BCUT2D eigenvalue weighted by molar-refractivity contribution is -0.115. The number of carbonyl (C=O) groups excluding carboxylic acids is 1. The van der Waals surface area contributed by atoms with Gasteiger partial charge in [-0.1, -0.05) is 0 Å². The van der Waals surface area contributed by atoms with E-state index in [9.17, 15) is 4.79 Å². The molecule has 0 aromatic rings. The van der Waals surface area contributed by atoms with Crippen molar-refractivity contribution in [2.24, 2.45) is 4.74 Å². The Morgan fingerprint density at radius 1 is 0.929 bits per heavy atom. The Kier molecular flexibility index (Phi) is 4.95. The molecule has 0 fully saturated rings. The van der Waals surface area contributed by atoms with Crippen LogP contribution in [0.1, 0.15) is 6.92 Å². The molecule has 0 saturated carbocycles. The Hall–Kier alpha value is -0.220. The first-order valence-electron chi connectivity index (χ1n) is 4.41. The molecule has 6 heteroatoms. The molecule has 84 valence electrons. The molecule has 0 N–H and O–H groups in total. The normalized spacial score (nSPS) is 12.7. The molecule has 0 saturated heterocycles. The molecule has 0 aromatic carbocycles. The Morgan fingerprint density at radius 3 is 1.29 bits per heavy atom. The fourth-order valence-electron chi connectivity index (χ4n) is 1.53. The van der Waals surface area contributed by atoms with Gasteiger partial charge in [0, 0.05) is 6.92 Å². The van der Waals surface area contributed by atoms with Crippen LogP contribution in [-0.2, 0) is 4.79 Å². The van der Waals surface area contributed by atoms with Crippen LogP contribution in [-0.4, -0.2) is 62.2 Å². The molecule has 0 aliphatic carbocycles. The van der Waals surface area contributed by atoms with Gasteiger partial charge in [-0.3, -0.25) is 18.8 Å². The van der Waals surface area contributed by atoms with Gasteiger partial charge in [0.2, 0.25) is 5.91 Å². The van der Waals surface area contributed by atoms with E-state index >= 15 is 0 Å². The summed E-state index contributed by atoms with van der Waals surface area (Å²) in [5.41, 5.74) is 0. The number of amides is 1. The molecule has 0 rings (SSSR count). The number of hydrogen-bond donors (Lipinski definition) is 0. The first kappa shape index (κ1) is 13.8. The molecule has 0 radical (unpaired) electrons. The largest absolute Gasteiger partial charge is 0.273 e. The quantitative estimate of drug-likeness (QED) is 0.669. The van der Waals surface area contributed by atoms with Crippen LogP contribution in [0.15, 0.2) is 4.74 Å². The summed E-state index contributed by atoms with van der Waals surface area (Å²) in [6.07, 6.45) is 0. The highest BCUT2D eigenvalue weighted by molar-refractivity contribution is 7.59. The van der Waals surface area contributed by atoms with Crippen LogP contribution in [0, 0.1) is 0 Å². The molecular weight excluding hydrogens is 199 g/mol. The number of hydrogen-bond acceptors (Lipinski definition) is 1. The van der Waals surface area contributed by atoms with Crippen molar-refractivity contribution in [3.05, 3.63) is 0 Å². The summed E-state index contributed by atoms with van der Waals surface area (Å²) in [6, 6.07) is 0. The molecule has 0 bridgehead atoms. The van der Waals surface area contributed by atoms with Crippen LogP contribution in [0.3, 0.4) is 0 Å². The van der Waals surface area contributed by atoms with Gasteiger partial charge in [0.05, 0.1) is 0 Å². The van der Waals surface area contributed by atoms with E-state index in [0.717, 1.165) is 0 Å². The molecule has 0 aliphatic rings. The molecule has 0 spiro atoms. The van der Waals surface area contributed by atoms with E-state index in [1.54, 1.807) is 0 Å². The molecule has 0 atom stereocenters. The molecule has 14 heavy (non-hydrogen) atoms. The Bertz CT molecular complexity index is 232. The molecular formula is C8H21N4OP. The van der Waals surface area contributed by atoms with Crippen molar-refractivity contribution in [1.29, 1.82) is 0 Å². The van der Waals surface area contributed by atoms with E-state index in [2.05, 4.69) is 4.74 Å². The van der Waals surface area contributed by atoms with Crippen LogP contribution in [0.5, 0.6) is 0 Å². The van der Waals surface area contributed by atoms with Gasteiger partial charge in [-0.2, -0.15) is 4.74 Å². The minimum atomic E-state index is -1.99. The topological polar surface area (TPSA) is 39.2 Å². The van der Waals surface area contributed by atoms with E-state index in [4.69, 9.17) is 0 Å². The first-order chi connectivity index (χ1) is 6.25. The molecule has 1 amide bonds. The third-order valence-electron chi connectivity index (χ3n) is 1.88. The average molecular weight is 220 g/mol. The zero-order valence-electron chi connectivity index (χ0n) is 10.1. The van der Waals surface area contributed by atoms with Crippen molar-refractivity contribution in [3.8, 4) is 0 Å². The zero-order valence-corrected chi connectivity index (χ0v) is 11.0. The van der Waals surface area contributed by atoms with E-state index in [0.29, 0.717) is 0 Å². The van der Waals surface area contributed by atoms with Gasteiger partial charge in [-0.15, -0.1) is 0 Å². The SMILES string of the molecule is CC(=O)N=P(N(C)C)(N(C)C)N(C)C. The molecule has 0 heterocycles. The summed E-state index contributed by atoms with van der Waals surface area (Å²) in [6.45, 7) is 1.49. The fourth-order valence-corrected chi connectivity index (χ4v) is 4.59. The minimum Gasteiger partial charge on any atom is -0.273 e. The van der Waals surface area contributed by atoms with Crippen LogP contribution in [0.2, 0.25) is 0 Å². The Morgan fingerprint density at radius 2 is 1.21 bits per heavy atom. The summed E-state index contributed by atoms with van der Waals surface area (Å²) in [5, 5.41) is 0. The van der Waals surface area contributed by atoms with Crippen molar-refractivity contribution >= 4 is 13.4 Å². The molecule has 0 aromatic heterocycles. The van der Waals surface area contributed by atoms with E-state index in [1.807, 2.05) is 56.3 Å². The molecule has 5 nitrogen and oxygen atoms in total. The van der Waals surface area contributed by atoms with Gasteiger partial charge in [0.15, 0.2) is 7.51 Å². The molecule has 0 aliphatic heterocycles. The van der Waals surface area contributed by atoms with Gasteiger partial charge < -0.3 is 0 Å². The van der Waals surface area contributed by atoms with Gasteiger partial charge in [0.25, 0.3) is 0 Å². The predicted molar refractivity (Wildman–Crippen MR) is 61.1 cm³/mol. The van der Waals surface area contributed by atoms with Crippen LogP contribution < -0.4 is 0 Å². The maximum absolute atomic E-state index is 11.2. The third-order valence-corrected chi connectivity index (χ3v) is 5.65. The minimum absolute atomic E-state index is 0.130. The fraction of sp³-hybridized carbons (Fsp3) is 0.875. The Labute approximate surface area is 86.9 Å². The lowest BCUT2D eigenvalue weighted by Crippen LogP contribution is -2.31. The van der Waals surface area contributed by atoms with Crippen molar-refractivity contribution in [3.63, 3.8) is 0 Å². The lowest BCUT2D eigenvalue weighted by Gasteiger charge is -2.40. The van der Waals surface area contributed by atoms with Gasteiger partial charge in [-0.25, -0.2) is 0 Å².